The van der Waals surface area contributed by atoms with Gasteiger partial charge in [0, 0.05) is 6.54 Å². The average molecular weight is 308 g/mol. The van der Waals surface area contributed by atoms with Gasteiger partial charge in [0.25, 0.3) is 0 Å². The molecular weight excluding hydrogens is 284 g/mol. The Morgan fingerprint density at radius 1 is 1.19 bits per heavy atom. The van der Waals surface area contributed by atoms with Crippen LogP contribution in [0.15, 0.2) is 23.1 Å². The topological polar surface area (TPSA) is 70.0 Å². The van der Waals surface area contributed by atoms with Crippen LogP contribution in [-0.4, -0.2) is 15.0 Å². The largest absolute Gasteiger partial charge is 0.240 e. The van der Waals surface area contributed by atoms with Crippen LogP contribution in [-0.2, 0) is 10.0 Å². The molecule has 0 aliphatic rings. The van der Waals surface area contributed by atoms with Crippen molar-refractivity contribution in [2.45, 2.75) is 39.5 Å². The van der Waals surface area contributed by atoms with Crippen molar-refractivity contribution in [3.05, 3.63) is 29.3 Å². The minimum atomic E-state index is -3.53. The summed E-state index contributed by atoms with van der Waals surface area (Å²) in [5.41, 5.74) is 1.17. The predicted molar refractivity (Wildman–Crippen MR) is 84.2 cm³/mol. The Bertz CT molecular complexity index is 620. The van der Waals surface area contributed by atoms with Crippen molar-refractivity contribution in [3.63, 3.8) is 0 Å². The number of hydrogen-bond acceptors (Lipinski definition) is 3. The van der Waals surface area contributed by atoms with Crippen LogP contribution < -0.4 is 4.72 Å². The third-order valence-electron chi connectivity index (χ3n) is 3.85. The van der Waals surface area contributed by atoms with E-state index in [0.717, 1.165) is 0 Å². The van der Waals surface area contributed by atoms with Gasteiger partial charge in [0.1, 0.15) is 0 Å². The van der Waals surface area contributed by atoms with Crippen molar-refractivity contribution in [3.8, 4) is 6.07 Å². The standard InChI is InChI=1S/C16H24N2O2S/c1-11(2)16(12(3)4)10-18-21(19,20)15-7-6-14(9-17)13(5)8-15/h6-8,11-12,16,18H,10H2,1-5H3. The molecule has 0 saturated carbocycles. The van der Waals surface area contributed by atoms with Crippen LogP contribution >= 0.6 is 0 Å². The molecule has 0 aliphatic carbocycles. The number of sulfonamides is 1. The minimum Gasteiger partial charge on any atom is -0.211 e. The number of nitrogens with zero attached hydrogens (tertiary/aromatic N) is 1. The molecule has 1 aromatic rings. The molecule has 1 N–H and O–H groups in total. The SMILES string of the molecule is Cc1cc(S(=O)(=O)NCC(C(C)C)C(C)C)ccc1C#N. The average Bonchev–Trinajstić information content (AvgIpc) is 2.37. The van der Waals surface area contributed by atoms with Crippen molar-refractivity contribution in [2.75, 3.05) is 6.54 Å². The first-order valence-corrected chi connectivity index (χ1v) is 8.67. The zero-order valence-electron chi connectivity index (χ0n) is 13.3. The molecule has 21 heavy (non-hydrogen) atoms. The first-order valence-electron chi connectivity index (χ1n) is 7.19. The highest BCUT2D eigenvalue weighted by Crippen LogP contribution is 2.21. The summed E-state index contributed by atoms with van der Waals surface area (Å²) in [6.45, 7) is 10.6. The molecule has 0 heterocycles. The molecule has 0 bridgehead atoms. The summed E-state index contributed by atoms with van der Waals surface area (Å²) in [5.74, 6) is 1.12. The second-order valence-corrected chi connectivity index (χ2v) is 7.86. The molecule has 116 valence electrons. The third-order valence-corrected chi connectivity index (χ3v) is 5.27. The van der Waals surface area contributed by atoms with Crippen molar-refractivity contribution in [1.29, 1.82) is 5.26 Å². The highest BCUT2D eigenvalue weighted by atomic mass is 32.2. The van der Waals surface area contributed by atoms with E-state index in [9.17, 15) is 8.42 Å². The second kappa shape index (κ2) is 7.06. The highest BCUT2D eigenvalue weighted by molar-refractivity contribution is 7.89. The molecule has 0 aliphatic heterocycles. The third kappa shape index (κ3) is 4.55. The van der Waals surface area contributed by atoms with Gasteiger partial charge in [0.15, 0.2) is 0 Å². The lowest BCUT2D eigenvalue weighted by Gasteiger charge is -2.25. The second-order valence-electron chi connectivity index (χ2n) is 6.09. The van der Waals surface area contributed by atoms with Crippen LogP contribution in [0.4, 0.5) is 0 Å². The minimum absolute atomic E-state index is 0.213. The zero-order valence-corrected chi connectivity index (χ0v) is 14.2. The Morgan fingerprint density at radius 2 is 1.76 bits per heavy atom. The van der Waals surface area contributed by atoms with Crippen LogP contribution in [0.1, 0.15) is 38.8 Å². The quantitative estimate of drug-likeness (QED) is 0.878. The molecule has 0 radical (unpaired) electrons. The molecule has 0 atom stereocenters. The van der Waals surface area contributed by atoms with Gasteiger partial charge in [-0.15, -0.1) is 0 Å². The van der Waals surface area contributed by atoms with Gasteiger partial charge in [-0.05, 0) is 48.4 Å². The van der Waals surface area contributed by atoms with E-state index in [1.807, 2.05) is 6.07 Å². The molecule has 4 nitrogen and oxygen atoms in total. The predicted octanol–water partition coefficient (Wildman–Crippen LogP) is 3.07. The Balaban J connectivity index is 2.92. The molecule has 0 spiro atoms. The number of aryl methyl sites for hydroxylation is 1. The fraction of sp³-hybridized carbons (Fsp3) is 0.562. The summed E-state index contributed by atoms with van der Waals surface area (Å²) in [6, 6.07) is 6.61. The summed E-state index contributed by atoms with van der Waals surface area (Å²) in [4.78, 5) is 0.213. The number of nitrogens with one attached hydrogen (secondary N) is 1. The van der Waals surface area contributed by atoms with Gasteiger partial charge >= 0.3 is 0 Å². The number of hydrogen-bond donors (Lipinski definition) is 1. The normalized spacial score (nSPS) is 12.1. The van der Waals surface area contributed by atoms with Gasteiger partial charge in [-0.1, -0.05) is 27.7 Å². The maximum absolute atomic E-state index is 12.3. The van der Waals surface area contributed by atoms with Crippen LogP contribution in [0.2, 0.25) is 0 Å². The lowest BCUT2D eigenvalue weighted by molar-refractivity contribution is 0.289. The van der Waals surface area contributed by atoms with Crippen LogP contribution in [0.3, 0.4) is 0 Å². The van der Waals surface area contributed by atoms with E-state index in [1.165, 1.54) is 6.07 Å². The van der Waals surface area contributed by atoms with Gasteiger partial charge in [-0.3, -0.25) is 0 Å². The van der Waals surface area contributed by atoms with Crippen molar-refractivity contribution in [2.24, 2.45) is 17.8 Å². The lowest BCUT2D eigenvalue weighted by Crippen LogP contribution is -2.34. The van der Waals surface area contributed by atoms with Crippen molar-refractivity contribution >= 4 is 10.0 Å². The summed E-state index contributed by atoms with van der Waals surface area (Å²) >= 11 is 0. The van der Waals surface area contributed by atoms with Gasteiger partial charge in [-0.2, -0.15) is 5.26 Å². The van der Waals surface area contributed by atoms with Crippen LogP contribution in [0.5, 0.6) is 0 Å². The summed E-state index contributed by atoms with van der Waals surface area (Å²) < 4.78 is 27.4. The Morgan fingerprint density at radius 3 is 2.19 bits per heavy atom. The van der Waals surface area contributed by atoms with Gasteiger partial charge < -0.3 is 0 Å². The summed E-state index contributed by atoms with van der Waals surface area (Å²) in [7, 11) is -3.53. The number of nitriles is 1. The summed E-state index contributed by atoms with van der Waals surface area (Å²) in [5, 5.41) is 8.90. The van der Waals surface area contributed by atoms with Crippen LogP contribution in [0.25, 0.3) is 0 Å². The van der Waals surface area contributed by atoms with Gasteiger partial charge in [0.05, 0.1) is 16.5 Å². The van der Waals surface area contributed by atoms with E-state index in [4.69, 9.17) is 5.26 Å². The summed E-state index contributed by atoms with van der Waals surface area (Å²) in [6.07, 6.45) is 0. The van der Waals surface area contributed by atoms with Gasteiger partial charge in [0.2, 0.25) is 10.0 Å². The lowest BCUT2D eigenvalue weighted by atomic mass is 9.86. The monoisotopic (exact) mass is 308 g/mol. The zero-order chi connectivity index (χ0) is 16.2. The molecule has 0 fully saturated rings. The Hall–Kier alpha value is -1.38. The van der Waals surface area contributed by atoms with Crippen molar-refractivity contribution in [1.82, 2.24) is 4.72 Å². The maximum Gasteiger partial charge on any atom is 0.240 e. The number of rotatable bonds is 6. The first kappa shape index (κ1) is 17.7. The highest BCUT2D eigenvalue weighted by Gasteiger charge is 2.21. The van der Waals surface area contributed by atoms with E-state index >= 15 is 0 Å². The molecule has 0 aromatic heterocycles. The first-order chi connectivity index (χ1) is 9.69. The molecule has 5 heteroatoms. The molecule has 0 saturated heterocycles. The smallest absolute Gasteiger partial charge is 0.211 e. The van der Waals surface area contributed by atoms with E-state index in [-0.39, 0.29) is 4.90 Å². The Labute approximate surface area is 128 Å². The van der Waals surface area contributed by atoms with Gasteiger partial charge in [-0.25, -0.2) is 13.1 Å². The molecule has 1 rings (SSSR count). The molecule has 0 unspecified atom stereocenters. The molecule has 0 amide bonds. The van der Waals surface area contributed by atoms with Crippen LogP contribution in [0, 0.1) is 36.0 Å². The maximum atomic E-state index is 12.3. The number of benzene rings is 1. The fourth-order valence-electron chi connectivity index (χ4n) is 2.46. The van der Waals surface area contributed by atoms with E-state index in [0.29, 0.717) is 35.4 Å². The molecular formula is C16H24N2O2S. The molecule has 1 aromatic carbocycles. The fourth-order valence-corrected chi connectivity index (χ4v) is 3.62. The van der Waals surface area contributed by atoms with Crippen molar-refractivity contribution < 1.29 is 8.42 Å². The van der Waals surface area contributed by atoms with E-state index in [1.54, 1.807) is 19.1 Å². The Kier molecular flexibility index (Phi) is 5.94. The van der Waals surface area contributed by atoms with E-state index < -0.39 is 10.0 Å². The van der Waals surface area contributed by atoms with E-state index in [2.05, 4.69) is 32.4 Å².